The molecule has 2 rings (SSSR count). The molecule has 0 saturated heterocycles. The normalized spacial score (nSPS) is 14.4. The Balaban J connectivity index is 2.29. The number of carbonyl (C=O) groups excluding carboxylic acids is 2. The number of nitrogens with zero attached hydrogens (tertiary/aromatic N) is 1. The molecule has 1 amide bonds. The van der Waals surface area contributed by atoms with Crippen molar-refractivity contribution in [1.29, 1.82) is 0 Å². The van der Waals surface area contributed by atoms with Gasteiger partial charge < -0.3 is 4.90 Å². The summed E-state index contributed by atoms with van der Waals surface area (Å²) in [6.45, 7) is 0.606. The Morgan fingerprint density at radius 3 is 2.82 bits per heavy atom. The number of hydrogen-bond donors (Lipinski definition) is 0. The smallest absolute Gasteiger partial charge is 0.299 e. The Bertz CT molecular complexity index is 476. The molecule has 1 aromatic carbocycles. The molecular formula is C12H12BrNO2S. The Kier molecular flexibility index (Phi) is 3.89. The third-order valence-corrected chi connectivity index (χ3v) is 4.04. The monoisotopic (exact) mass is 313 g/mol. The molecule has 0 saturated carbocycles. The van der Waals surface area contributed by atoms with Crippen LogP contribution in [0.2, 0.25) is 0 Å². The fourth-order valence-electron chi connectivity index (χ4n) is 1.89. The molecule has 0 aliphatic carbocycles. The minimum absolute atomic E-state index is 0.406. The predicted octanol–water partition coefficient (Wildman–Crippen LogP) is 2.73. The van der Waals surface area contributed by atoms with E-state index in [1.54, 1.807) is 22.7 Å². The van der Waals surface area contributed by atoms with Crippen LogP contribution < -0.4 is 4.90 Å². The first kappa shape index (κ1) is 12.6. The lowest BCUT2D eigenvalue weighted by molar-refractivity contribution is -0.114. The molecule has 1 aromatic rings. The summed E-state index contributed by atoms with van der Waals surface area (Å²) >= 11 is 5.06. The van der Waals surface area contributed by atoms with E-state index in [-0.39, 0.29) is 0 Å². The zero-order valence-corrected chi connectivity index (χ0v) is 11.8. The van der Waals surface area contributed by atoms with Crippen LogP contribution in [0.25, 0.3) is 0 Å². The summed E-state index contributed by atoms with van der Waals surface area (Å²) < 4.78 is 0.695. The van der Waals surface area contributed by atoms with Crippen molar-refractivity contribution < 1.29 is 9.59 Å². The van der Waals surface area contributed by atoms with Crippen LogP contribution in [0.15, 0.2) is 22.7 Å². The second kappa shape index (κ2) is 5.23. The molecule has 5 heteroatoms. The molecule has 0 spiro atoms. The number of fused-ring (bicyclic) bond motifs is 1. The van der Waals surface area contributed by atoms with Crippen LogP contribution in [0, 0.1) is 0 Å². The zero-order chi connectivity index (χ0) is 12.4. The van der Waals surface area contributed by atoms with Gasteiger partial charge in [-0.25, -0.2) is 0 Å². The molecule has 0 aromatic heterocycles. The summed E-state index contributed by atoms with van der Waals surface area (Å²) in [5.74, 6) is 0.172. The van der Waals surface area contributed by atoms with Crippen molar-refractivity contribution in [1.82, 2.24) is 0 Å². The maximum atomic E-state index is 11.9. The molecule has 0 bridgehead atoms. The molecule has 0 N–H and O–H groups in total. The van der Waals surface area contributed by atoms with Gasteiger partial charge >= 0.3 is 0 Å². The molecule has 0 fully saturated rings. The molecule has 17 heavy (non-hydrogen) atoms. The Labute approximate surface area is 113 Å². The first-order valence-electron chi connectivity index (χ1n) is 5.30. The number of carbonyl (C=O) groups is 2. The molecule has 1 heterocycles. The Hall–Kier alpha value is -0.810. The number of benzene rings is 1. The minimum Gasteiger partial charge on any atom is -0.305 e. The second-order valence-electron chi connectivity index (χ2n) is 3.77. The molecule has 90 valence electrons. The first-order chi connectivity index (χ1) is 8.16. The molecule has 0 unspecified atom stereocenters. The third kappa shape index (κ3) is 2.26. The lowest BCUT2D eigenvalue weighted by atomic mass is 10.1. The van der Waals surface area contributed by atoms with Crippen LogP contribution in [-0.2, 0) is 4.79 Å². The molecular weight excluding hydrogens is 302 g/mol. The van der Waals surface area contributed by atoms with Crippen molar-refractivity contribution in [2.24, 2.45) is 0 Å². The van der Waals surface area contributed by atoms with Gasteiger partial charge in [-0.3, -0.25) is 9.59 Å². The van der Waals surface area contributed by atoms with Crippen molar-refractivity contribution in [2.75, 3.05) is 23.5 Å². The van der Waals surface area contributed by atoms with E-state index in [1.165, 1.54) is 0 Å². The van der Waals surface area contributed by atoms with Gasteiger partial charge in [-0.2, -0.15) is 11.8 Å². The molecule has 3 nitrogen and oxygen atoms in total. The van der Waals surface area contributed by atoms with Crippen LogP contribution in [0.5, 0.6) is 0 Å². The number of amides is 1. The van der Waals surface area contributed by atoms with E-state index < -0.39 is 11.7 Å². The van der Waals surface area contributed by atoms with Crippen molar-refractivity contribution in [3.05, 3.63) is 28.2 Å². The quantitative estimate of drug-likeness (QED) is 0.633. The Morgan fingerprint density at radius 2 is 2.12 bits per heavy atom. The lowest BCUT2D eigenvalue weighted by Gasteiger charge is -2.15. The average Bonchev–Trinajstić information content (AvgIpc) is 2.55. The van der Waals surface area contributed by atoms with E-state index in [9.17, 15) is 9.59 Å². The number of Topliss-reactive ketones (excluding diaryl/α,β-unsaturated/α-hetero) is 1. The summed E-state index contributed by atoms with van der Waals surface area (Å²) in [6, 6.07) is 5.45. The number of hydrogen-bond acceptors (Lipinski definition) is 3. The highest BCUT2D eigenvalue weighted by Gasteiger charge is 2.36. The molecule has 0 radical (unpaired) electrons. The maximum absolute atomic E-state index is 11.9. The SMILES string of the molecule is CSCCCN1C(=O)C(=O)c2c(Br)cccc21. The van der Waals surface area contributed by atoms with E-state index in [0.717, 1.165) is 17.9 Å². The van der Waals surface area contributed by atoms with E-state index in [0.29, 0.717) is 16.6 Å². The van der Waals surface area contributed by atoms with Crippen LogP contribution in [0.3, 0.4) is 0 Å². The number of anilines is 1. The highest BCUT2D eigenvalue weighted by atomic mass is 79.9. The van der Waals surface area contributed by atoms with Crippen LogP contribution in [0.4, 0.5) is 5.69 Å². The number of ketones is 1. The van der Waals surface area contributed by atoms with Gasteiger partial charge in [0.05, 0.1) is 11.3 Å². The van der Waals surface area contributed by atoms with Crippen LogP contribution in [-0.4, -0.2) is 30.2 Å². The van der Waals surface area contributed by atoms with Gasteiger partial charge in [-0.15, -0.1) is 0 Å². The van der Waals surface area contributed by atoms with E-state index in [1.807, 2.05) is 18.4 Å². The Morgan fingerprint density at radius 1 is 1.35 bits per heavy atom. The summed E-state index contributed by atoms with van der Waals surface area (Å²) in [5, 5.41) is 0. The van der Waals surface area contributed by atoms with Gasteiger partial charge in [0.25, 0.3) is 11.7 Å². The average molecular weight is 314 g/mol. The lowest BCUT2D eigenvalue weighted by Crippen LogP contribution is -2.30. The predicted molar refractivity (Wildman–Crippen MR) is 73.8 cm³/mol. The van der Waals surface area contributed by atoms with Crippen molar-refractivity contribution >= 4 is 45.1 Å². The van der Waals surface area contributed by atoms with Crippen molar-refractivity contribution in [2.45, 2.75) is 6.42 Å². The highest BCUT2D eigenvalue weighted by Crippen LogP contribution is 2.34. The summed E-state index contributed by atoms with van der Waals surface area (Å²) in [4.78, 5) is 25.3. The summed E-state index contributed by atoms with van der Waals surface area (Å²) in [7, 11) is 0. The minimum atomic E-state index is -0.409. The molecule has 0 atom stereocenters. The maximum Gasteiger partial charge on any atom is 0.299 e. The van der Waals surface area contributed by atoms with Gasteiger partial charge in [-0.1, -0.05) is 6.07 Å². The third-order valence-electron chi connectivity index (χ3n) is 2.68. The topological polar surface area (TPSA) is 37.4 Å². The van der Waals surface area contributed by atoms with Crippen molar-refractivity contribution in [3.8, 4) is 0 Å². The molecule has 1 aliphatic heterocycles. The largest absolute Gasteiger partial charge is 0.305 e. The second-order valence-corrected chi connectivity index (χ2v) is 5.61. The number of halogens is 1. The standard InChI is InChI=1S/C12H12BrNO2S/c1-17-7-3-6-14-9-5-2-4-8(13)10(9)11(15)12(14)16/h2,4-5H,3,6-7H2,1H3. The van der Waals surface area contributed by atoms with E-state index in [2.05, 4.69) is 15.9 Å². The van der Waals surface area contributed by atoms with Crippen molar-refractivity contribution in [3.63, 3.8) is 0 Å². The zero-order valence-electron chi connectivity index (χ0n) is 9.40. The number of rotatable bonds is 4. The van der Waals surface area contributed by atoms with E-state index >= 15 is 0 Å². The van der Waals surface area contributed by atoms with Crippen LogP contribution in [0.1, 0.15) is 16.8 Å². The van der Waals surface area contributed by atoms with Gasteiger partial charge in [0.1, 0.15) is 0 Å². The van der Waals surface area contributed by atoms with Gasteiger partial charge in [-0.05, 0) is 46.5 Å². The van der Waals surface area contributed by atoms with Crippen LogP contribution >= 0.6 is 27.7 Å². The summed E-state index contributed by atoms with van der Waals surface area (Å²) in [6.07, 6.45) is 2.92. The van der Waals surface area contributed by atoms with Gasteiger partial charge in [0.2, 0.25) is 0 Å². The van der Waals surface area contributed by atoms with Gasteiger partial charge in [0.15, 0.2) is 0 Å². The molecule has 1 aliphatic rings. The van der Waals surface area contributed by atoms with Gasteiger partial charge in [0, 0.05) is 11.0 Å². The number of thioether (sulfide) groups is 1. The fourth-order valence-corrected chi connectivity index (χ4v) is 2.84. The first-order valence-corrected chi connectivity index (χ1v) is 7.49. The highest BCUT2D eigenvalue weighted by molar-refractivity contribution is 9.10. The fraction of sp³-hybridized carbons (Fsp3) is 0.333. The van der Waals surface area contributed by atoms with E-state index in [4.69, 9.17) is 0 Å². The summed E-state index contributed by atoms with van der Waals surface area (Å²) in [5.41, 5.74) is 1.23.